The lowest BCUT2D eigenvalue weighted by atomic mass is 9.98. The van der Waals surface area contributed by atoms with Crippen molar-refractivity contribution in [1.82, 2.24) is 5.32 Å². The second-order valence-electron chi connectivity index (χ2n) is 4.38. The highest BCUT2D eigenvalue weighted by Crippen LogP contribution is 2.27. The number of benzene rings is 1. The zero-order valence-electron chi connectivity index (χ0n) is 11.6. The van der Waals surface area contributed by atoms with Crippen molar-refractivity contribution in [3.05, 3.63) is 29.3 Å². The largest absolute Gasteiger partial charge is 0.496 e. The molecule has 5 nitrogen and oxygen atoms in total. The zero-order valence-corrected chi connectivity index (χ0v) is 11.6. The summed E-state index contributed by atoms with van der Waals surface area (Å²) < 4.78 is 9.67. The Labute approximate surface area is 112 Å². The van der Waals surface area contributed by atoms with Crippen molar-refractivity contribution in [3.8, 4) is 5.75 Å². The first kappa shape index (κ1) is 15.0. The van der Waals surface area contributed by atoms with Gasteiger partial charge in [-0.1, -0.05) is 13.8 Å². The monoisotopic (exact) mass is 265 g/mol. The van der Waals surface area contributed by atoms with Crippen molar-refractivity contribution in [1.29, 1.82) is 0 Å². The van der Waals surface area contributed by atoms with Crippen molar-refractivity contribution >= 4 is 11.9 Å². The molecule has 104 valence electrons. The number of rotatable bonds is 5. The molecule has 0 fully saturated rings. The number of alkyl carbamates (subject to hydrolysis) is 1. The number of ketones is 1. The van der Waals surface area contributed by atoms with E-state index in [1.807, 2.05) is 13.8 Å². The molecule has 0 atom stereocenters. The van der Waals surface area contributed by atoms with Crippen LogP contribution < -0.4 is 10.1 Å². The average Bonchev–Trinajstić information content (AvgIpc) is 2.43. The molecule has 1 rings (SSSR count). The maximum Gasteiger partial charge on any atom is 0.407 e. The summed E-state index contributed by atoms with van der Waals surface area (Å²) >= 11 is 0. The lowest BCUT2D eigenvalue weighted by molar-refractivity contribution is 0.0983. The molecule has 0 heterocycles. The number of ether oxygens (including phenoxy) is 2. The fourth-order valence-electron chi connectivity index (χ4n) is 1.69. The maximum absolute atomic E-state index is 11.9. The minimum Gasteiger partial charge on any atom is -0.496 e. The topological polar surface area (TPSA) is 64.6 Å². The third-order valence-electron chi connectivity index (χ3n) is 2.75. The Bertz CT molecular complexity index is 469. The van der Waals surface area contributed by atoms with E-state index in [0.717, 1.165) is 11.3 Å². The molecule has 0 aliphatic rings. The Morgan fingerprint density at radius 1 is 1.26 bits per heavy atom. The van der Waals surface area contributed by atoms with Gasteiger partial charge < -0.3 is 14.8 Å². The first-order chi connectivity index (χ1) is 8.99. The number of carbonyl (C=O) groups is 2. The number of hydrogen-bond acceptors (Lipinski definition) is 4. The van der Waals surface area contributed by atoms with Crippen molar-refractivity contribution in [2.75, 3.05) is 20.8 Å². The minimum absolute atomic E-state index is 0.0868. The maximum atomic E-state index is 11.9. The third-order valence-corrected chi connectivity index (χ3v) is 2.75. The van der Waals surface area contributed by atoms with Crippen LogP contribution in [0.5, 0.6) is 5.75 Å². The number of hydrogen-bond donors (Lipinski definition) is 1. The first-order valence-electron chi connectivity index (χ1n) is 6.02. The summed E-state index contributed by atoms with van der Waals surface area (Å²) in [4.78, 5) is 22.8. The van der Waals surface area contributed by atoms with Crippen LogP contribution in [0.15, 0.2) is 18.2 Å². The summed E-state index contributed by atoms with van der Waals surface area (Å²) in [7, 11) is 2.85. The van der Waals surface area contributed by atoms with Crippen molar-refractivity contribution in [3.63, 3.8) is 0 Å². The predicted octanol–water partition coefficient (Wildman–Crippen LogP) is 2.36. The molecular weight excluding hydrogens is 246 g/mol. The van der Waals surface area contributed by atoms with E-state index >= 15 is 0 Å². The Morgan fingerprint density at radius 2 is 1.95 bits per heavy atom. The second kappa shape index (κ2) is 6.78. The molecule has 0 bridgehead atoms. The van der Waals surface area contributed by atoms with Gasteiger partial charge in [0, 0.05) is 5.56 Å². The number of carbonyl (C=O) groups excluding carboxylic acids is 2. The predicted molar refractivity (Wildman–Crippen MR) is 71.8 cm³/mol. The van der Waals surface area contributed by atoms with Crippen LogP contribution in [0, 0.1) is 0 Å². The molecule has 5 heteroatoms. The third kappa shape index (κ3) is 3.98. The molecule has 0 aliphatic heterocycles. The van der Waals surface area contributed by atoms with Gasteiger partial charge in [-0.25, -0.2) is 4.79 Å². The Hall–Kier alpha value is -2.04. The summed E-state index contributed by atoms with van der Waals surface area (Å²) in [6.45, 7) is 3.97. The smallest absolute Gasteiger partial charge is 0.407 e. The standard InChI is InChI=1S/C14H19NO4/c1-9(2)11-7-10(5-6-13(11)18-3)12(16)8-15-14(17)19-4/h5-7,9H,8H2,1-4H3,(H,15,17). The Balaban J connectivity index is 2.86. The van der Waals surface area contributed by atoms with Gasteiger partial charge in [0.2, 0.25) is 0 Å². The van der Waals surface area contributed by atoms with Gasteiger partial charge in [0.25, 0.3) is 0 Å². The van der Waals surface area contributed by atoms with Crippen LogP contribution in [0.25, 0.3) is 0 Å². The lowest BCUT2D eigenvalue weighted by Crippen LogP contribution is -2.29. The fourth-order valence-corrected chi connectivity index (χ4v) is 1.69. The molecule has 0 saturated carbocycles. The highest BCUT2D eigenvalue weighted by atomic mass is 16.5. The Morgan fingerprint density at radius 3 is 2.47 bits per heavy atom. The van der Waals surface area contributed by atoms with E-state index in [9.17, 15) is 9.59 Å². The number of amides is 1. The van der Waals surface area contributed by atoms with E-state index < -0.39 is 6.09 Å². The molecule has 0 spiro atoms. The van der Waals surface area contributed by atoms with Crippen LogP contribution in [0.1, 0.15) is 35.7 Å². The van der Waals surface area contributed by atoms with Gasteiger partial charge in [-0.2, -0.15) is 0 Å². The van der Waals surface area contributed by atoms with Gasteiger partial charge in [-0.3, -0.25) is 4.79 Å². The quantitative estimate of drug-likeness (QED) is 0.830. The summed E-state index contributed by atoms with van der Waals surface area (Å²) in [5, 5.41) is 2.37. The summed E-state index contributed by atoms with van der Waals surface area (Å²) in [5.41, 5.74) is 1.51. The van der Waals surface area contributed by atoms with Crippen LogP contribution in [0.3, 0.4) is 0 Å². The van der Waals surface area contributed by atoms with E-state index in [2.05, 4.69) is 10.1 Å². The van der Waals surface area contributed by atoms with Crippen molar-refractivity contribution in [2.24, 2.45) is 0 Å². The molecule has 1 N–H and O–H groups in total. The molecule has 0 unspecified atom stereocenters. The molecule has 0 saturated heterocycles. The van der Waals surface area contributed by atoms with Crippen LogP contribution >= 0.6 is 0 Å². The molecule has 1 aromatic rings. The van der Waals surface area contributed by atoms with E-state index in [4.69, 9.17) is 4.74 Å². The highest BCUT2D eigenvalue weighted by Gasteiger charge is 2.13. The molecular formula is C14H19NO4. The van der Waals surface area contributed by atoms with Crippen LogP contribution in [-0.4, -0.2) is 32.6 Å². The van der Waals surface area contributed by atoms with Gasteiger partial charge in [-0.15, -0.1) is 0 Å². The number of Topliss-reactive ketones (excluding diaryl/α,β-unsaturated/α-hetero) is 1. The summed E-state index contributed by atoms with van der Waals surface area (Å²) in [6, 6.07) is 5.25. The van der Waals surface area contributed by atoms with Crippen molar-refractivity contribution < 1.29 is 19.1 Å². The first-order valence-corrected chi connectivity index (χ1v) is 6.02. The average molecular weight is 265 g/mol. The molecule has 1 aromatic carbocycles. The molecule has 0 aliphatic carbocycles. The fraction of sp³-hybridized carbons (Fsp3) is 0.429. The van der Waals surface area contributed by atoms with E-state index in [1.54, 1.807) is 25.3 Å². The van der Waals surface area contributed by atoms with E-state index in [-0.39, 0.29) is 18.2 Å². The van der Waals surface area contributed by atoms with Crippen LogP contribution in [0.4, 0.5) is 4.79 Å². The molecule has 0 radical (unpaired) electrons. The lowest BCUT2D eigenvalue weighted by Gasteiger charge is -2.13. The summed E-state index contributed by atoms with van der Waals surface area (Å²) in [5.74, 6) is 0.832. The normalized spacial score (nSPS) is 10.2. The number of methoxy groups -OCH3 is 2. The van der Waals surface area contributed by atoms with Gasteiger partial charge in [0.1, 0.15) is 5.75 Å². The Kier molecular flexibility index (Phi) is 5.36. The number of nitrogens with one attached hydrogen (secondary N) is 1. The van der Waals surface area contributed by atoms with Gasteiger partial charge in [-0.05, 0) is 29.7 Å². The SMILES string of the molecule is COC(=O)NCC(=O)c1ccc(OC)c(C(C)C)c1. The van der Waals surface area contributed by atoms with Gasteiger partial charge >= 0.3 is 6.09 Å². The van der Waals surface area contributed by atoms with Crippen LogP contribution in [-0.2, 0) is 4.74 Å². The second-order valence-corrected chi connectivity index (χ2v) is 4.38. The van der Waals surface area contributed by atoms with E-state index in [1.165, 1.54) is 7.11 Å². The molecule has 19 heavy (non-hydrogen) atoms. The highest BCUT2D eigenvalue weighted by molar-refractivity contribution is 5.99. The molecule has 1 amide bonds. The van der Waals surface area contributed by atoms with E-state index in [0.29, 0.717) is 5.56 Å². The minimum atomic E-state index is -0.619. The van der Waals surface area contributed by atoms with Crippen LogP contribution in [0.2, 0.25) is 0 Å². The van der Waals surface area contributed by atoms with Gasteiger partial charge in [0.05, 0.1) is 20.8 Å². The summed E-state index contributed by atoms with van der Waals surface area (Å²) in [6.07, 6.45) is -0.619. The zero-order chi connectivity index (χ0) is 14.4. The van der Waals surface area contributed by atoms with Gasteiger partial charge in [0.15, 0.2) is 5.78 Å². The molecule has 0 aromatic heterocycles. The van der Waals surface area contributed by atoms with Crippen molar-refractivity contribution in [2.45, 2.75) is 19.8 Å².